The average molecular weight is 264 g/mol. The molecule has 3 fully saturated rings. The third-order valence-electron chi connectivity index (χ3n) is 4.50. The SMILES string of the molecule is O=C1C[C@H]2[C@H](CO[C@@H]2/C=C/C(=O)C2CCCCC2)O1. The van der Waals surface area contributed by atoms with E-state index in [1.165, 1.54) is 6.42 Å². The molecule has 4 nitrogen and oxygen atoms in total. The Morgan fingerprint density at radius 3 is 2.79 bits per heavy atom. The van der Waals surface area contributed by atoms with Crippen LogP contribution in [-0.4, -0.2) is 30.6 Å². The van der Waals surface area contributed by atoms with Gasteiger partial charge < -0.3 is 9.47 Å². The molecular weight excluding hydrogens is 244 g/mol. The summed E-state index contributed by atoms with van der Waals surface area (Å²) in [4.78, 5) is 23.3. The van der Waals surface area contributed by atoms with Crippen LogP contribution >= 0.6 is 0 Å². The second kappa shape index (κ2) is 5.45. The summed E-state index contributed by atoms with van der Waals surface area (Å²) in [6.07, 6.45) is 9.30. The van der Waals surface area contributed by atoms with Crippen molar-refractivity contribution in [3.05, 3.63) is 12.2 Å². The Morgan fingerprint density at radius 2 is 2.00 bits per heavy atom. The van der Waals surface area contributed by atoms with Crippen molar-refractivity contribution in [2.24, 2.45) is 11.8 Å². The van der Waals surface area contributed by atoms with Crippen LogP contribution in [0.3, 0.4) is 0 Å². The Balaban J connectivity index is 1.57. The van der Waals surface area contributed by atoms with E-state index in [1.807, 2.05) is 6.08 Å². The Bertz CT molecular complexity index is 395. The minimum Gasteiger partial charge on any atom is -0.459 e. The summed E-state index contributed by atoms with van der Waals surface area (Å²) in [6.45, 7) is 0.461. The maximum atomic E-state index is 12.1. The molecule has 3 rings (SSSR count). The van der Waals surface area contributed by atoms with Crippen LogP contribution < -0.4 is 0 Å². The molecule has 2 saturated heterocycles. The zero-order valence-corrected chi connectivity index (χ0v) is 11.0. The molecule has 2 heterocycles. The number of ether oxygens (including phenoxy) is 2. The van der Waals surface area contributed by atoms with Crippen LogP contribution in [0.25, 0.3) is 0 Å². The van der Waals surface area contributed by atoms with Gasteiger partial charge in [0.05, 0.1) is 19.1 Å². The van der Waals surface area contributed by atoms with Gasteiger partial charge in [0.2, 0.25) is 0 Å². The summed E-state index contributed by atoms with van der Waals surface area (Å²) < 4.78 is 10.7. The minimum absolute atomic E-state index is 0.0999. The number of hydrogen-bond donors (Lipinski definition) is 0. The zero-order chi connectivity index (χ0) is 13.2. The molecule has 4 heteroatoms. The summed E-state index contributed by atoms with van der Waals surface area (Å²) in [5.41, 5.74) is 0. The molecule has 1 aliphatic carbocycles. The van der Waals surface area contributed by atoms with Crippen LogP contribution in [0.5, 0.6) is 0 Å². The van der Waals surface area contributed by atoms with Crippen molar-refractivity contribution >= 4 is 11.8 Å². The fourth-order valence-electron chi connectivity index (χ4n) is 3.35. The maximum absolute atomic E-state index is 12.1. The number of allylic oxidation sites excluding steroid dienone is 1. The van der Waals surface area contributed by atoms with Crippen molar-refractivity contribution in [2.45, 2.75) is 50.7 Å². The highest BCUT2D eigenvalue weighted by Crippen LogP contribution is 2.34. The molecule has 0 spiro atoms. The molecule has 2 aliphatic heterocycles. The van der Waals surface area contributed by atoms with Crippen molar-refractivity contribution in [1.29, 1.82) is 0 Å². The molecular formula is C15H20O4. The normalized spacial score (nSPS) is 35.6. The smallest absolute Gasteiger partial charge is 0.306 e. The molecule has 0 radical (unpaired) electrons. The first-order valence-electron chi connectivity index (χ1n) is 7.27. The van der Waals surface area contributed by atoms with Gasteiger partial charge in [0, 0.05) is 11.8 Å². The summed E-state index contributed by atoms with van der Waals surface area (Å²) in [5.74, 6) is 0.374. The predicted octanol–water partition coefficient (Wildman–Crippen LogP) is 2.02. The van der Waals surface area contributed by atoms with E-state index in [4.69, 9.17) is 9.47 Å². The first kappa shape index (κ1) is 12.9. The van der Waals surface area contributed by atoms with Gasteiger partial charge in [-0.05, 0) is 18.9 Å². The van der Waals surface area contributed by atoms with E-state index in [2.05, 4.69) is 0 Å². The van der Waals surface area contributed by atoms with E-state index < -0.39 is 0 Å². The van der Waals surface area contributed by atoms with Crippen LogP contribution in [0.2, 0.25) is 0 Å². The highest BCUT2D eigenvalue weighted by molar-refractivity contribution is 5.91. The molecule has 3 aliphatic rings. The van der Waals surface area contributed by atoms with Crippen LogP contribution in [0.15, 0.2) is 12.2 Å². The van der Waals surface area contributed by atoms with Crippen LogP contribution in [0.1, 0.15) is 38.5 Å². The Hall–Kier alpha value is -1.16. The second-order valence-corrected chi connectivity index (χ2v) is 5.79. The lowest BCUT2D eigenvalue weighted by molar-refractivity contribution is -0.142. The first-order valence-corrected chi connectivity index (χ1v) is 7.27. The van der Waals surface area contributed by atoms with Gasteiger partial charge in [0.15, 0.2) is 5.78 Å². The summed E-state index contributed by atoms with van der Waals surface area (Å²) >= 11 is 0. The lowest BCUT2D eigenvalue weighted by atomic mass is 9.86. The van der Waals surface area contributed by atoms with Gasteiger partial charge in [-0.1, -0.05) is 25.3 Å². The molecule has 104 valence electrons. The van der Waals surface area contributed by atoms with E-state index in [-0.39, 0.29) is 35.8 Å². The first-order chi connectivity index (χ1) is 9.24. The zero-order valence-electron chi connectivity index (χ0n) is 11.0. The quantitative estimate of drug-likeness (QED) is 0.578. The number of esters is 1. The molecule has 19 heavy (non-hydrogen) atoms. The molecule has 0 bridgehead atoms. The summed E-state index contributed by atoms with van der Waals surface area (Å²) in [7, 11) is 0. The molecule has 3 atom stereocenters. The van der Waals surface area contributed by atoms with E-state index in [1.54, 1.807) is 6.08 Å². The standard InChI is InChI=1S/C15H20O4/c16-12(10-4-2-1-3-5-10)6-7-13-11-8-15(17)19-14(11)9-18-13/h6-7,10-11,13-14H,1-5,8-9H2/b7-6+/t11-,13-,14+/m1/s1. The van der Waals surface area contributed by atoms with Crippen LogP contribution in [-0.2, 0) is 19.1 Å². The molecule has 0 aromatic carbocycles. The number of fused-ring (bicyclic) bond motifs is 1. The predicted molar refractivity (Wildman–Crippen MR) is 68.4 cm³/mol. The number of carbonyl (C=O) groups is 2. The van der Waals surface area contributed by atoms with Crippen molar-refractivity contribution in [3.63, 3.8) is 0 Å². The fourth-order valence-corrected chi connectivity index (χ4v) is 3.35. The highest BCUT2D eigenvalue weighted by Gasteiger charge is 2.44. The van der Waals surface area contributed by atoms with Gasteiger partial charge in [-0.2, -0.15) is 0 Å². The van der Waals surface area contributed by atoms with E-state index in [0.717, 1.165) is 25.7 Å². The Kier molecular flexibility index (Phi) is 3.69. The lowest BCUT2D eigenvalue weighted by Gasteiger charge is -2.18. The molecule has 1 saturated carbocycles. The average Bonchev–Trinajstić information content (AvgIpc) is 2.96. The molecule has 0 N–H and O–H groups in total. The summed E-state index contributed by atoms with van der Waals surface area (Å²) in [5, 5.41) is 0. The topological polar surface area (TPSA) is 52.6 Å². The monoisotopic (exact) mass is 264 g/mol. The molecule has 0 amide bonds. The molecule has 0 aromatic rings. The van der Waals surface area contributed by atoms with E-state index in [0.29, 0.717) is 13.0 Å². The number of carbonyl (C=O) groups excluding carboxylic acids is 2. The third kappa shape index (κ3) is 2.73. The number of rotatable bonds is 3. The number of hydrogen-bond acceptors (Lipinski definition) is 4. The van der Waals surface area contributed by atoms with Gasteiger partial charge >= 0.3 is 5.97 Å². The highest BCUT2D eigenvalue weighted by atomic mass is 16.6. The van der Waals surface area contributed by atoms with E-state index >= 15 is 0 Å². The number of ketones is 1. The minimum atomic E-state index is -0.143. The maximum Gasteiger partial charge on any atom is 0.306 e. The van der Waals surface area contributed by atoms with Crippen molar-refractivity contribution in [2.75, 3.05) is 6.61 Å². The van der Waals surface area contributed by atoms with Gasteiger partial charge in [0.25, 0.3) is 0 Å². The second-order valence-electron chi connectivity index (χ2n) is 5.79. The lowest BCUT2D eigenvalue weighted by Crippen LogP contribution is -2.19. The third-order valence-corrected chi connectivity index (χ3v) is 4.50. The van der Waals surface area contributed by atoms with Gasteiger partial charge in [-0.3, -0.25) is 9.59 Å². The van der Waals surface area contributed by atoms with Crippen molar-refractivity contribution in [3.8, 4) is 0 Å². The molecule has 0 aromatic heterocycles. The van der Waals surface area contributed by atoms with E-state index in [9.17, 15) is 9.59 Å². The van der Waals surface area contributed by atoms with Gasteiger partial charge in [0.1, 0.15) is 6.10 Å². The van der Waals surface area contributed by atoms with Gasteiger partial charge in [-0.15, -0.1) is 0 Å². The van der Waals surface area contributed by atoms with Crippen molar-refractivity contribution in [1.82, 2.24) is 0 Å². The largest absolute Gasteiger partial charge is 0.459 e. The summed E-state index contributed by atoms with van der Waals surface area (Å²) in [6, 6.07) is 0. The van der Waals surface area contributed by atoms with Crippen LogP contribution in [0, 0.1) is 11.8 Å². The van der Waals surface area contributed by atoms with Crippen LogP contribution in [0.4, 0.5) is 0 Å². The molecule has 0 unspecified atom stereocenters. The van der Waals surface area contributed by atoms with Crippen molar-refractivity contribution < 1.29 is 19.1 Å². The fraction of sp³-hybridized carbons (Fsp3) is 0.733. The van der Waals surface area contributed by atoms with Gasteiger partial charge in [-0.25, -0.2) is 0 Å². The Labute approximate surface area is 113 Å². The Morgan fingerprint density at radius 1 is 1.21 bits per heavy atom.